The summed E-state index contributed by atoms with van der Waals surface area (Å²) >= 11 is 0. The van der Waals surface area contributed by atoms with Crippen molar-refractivity contribution in [3.05, 3.63) is 0 Å². The first-order valence-corrected chi connectivity index (χ1v) is 3.57. The molecule has 0 saturated carbocycles. The molecule has 44 valence electrons. The van der Waals surface area contributed by atoms with Crippen LogP contribution in [0.4, 0.5) is 0 Å². The number of rotatable bonds is 2. The van der Waals surface area contributed by atoms with Crippen molar-refractivity contribution in [2.24, 2.45) is 0 Å². The Morgan fingerprint density at radius 2 is 1.57 bits per heavy atom. The van der Waals surface area contributed by atoms with Gasteiger partial charge in [-0.05, 0) is 6.92 Å². The lowest BCUT2D eigenvalue weighted by Crippen LogP contribution is -2.07. The SMILES string of the molecule is CC(O)(PO)PO. The smallest absolute Gasteiger partial charge is 0.142 e. The molecule has 0 bridgehead atoms. The summed E-state index contributed by atoms with van der Waals surface area (Å²) in [5.41, 5.74) is 0. The van der Waals surface area contributed by atoms with Crippen molar-refractivity contribution in [1.29, 1.82) is 0 Å². The summed E-state index contributed by atoms with van der Waals surface area (Å²) in [5, 5.41) is 7.41. The Hall–Kier alpha value is 0.740. The van der Waals surface area contributed by atoms with Crippen LogP contribution in [0.2, 0.25) is 0 Å². The fraction of sp³-hybridized carbons (Fsp3) is 1.00. The first-order chi connectivity index (χ1) is 3.12. The Morgan fingerprint density at radius 1 is 1.29 bits per heavy atom. The predicted molar refractivity (Wildman–Crippen MR) is 31.7 cm³/mol. The van der Waals surface area contributed by atoms with E-state index in [0.717, 1.165) is 0 Å². The summed E-state index contributed by atoms with van der Waals surface area (Å²) in [5.74, 6) is 0. The van der Waals surface area contributed by atoms with E-state index < -0.39 is 22.7 Å². The molecular formula is C2H8O3P2. The van der Waals surface area contributed by atoms with Gasteiger partial charge >= 0.3 is 0 Å². The summed E-state index contributed by atoms with van der Waals surface area (Å²) in [6.45, 7) is 1.38. The minimum Gasteiger partial charge on any atom is -0.377 e. The van der Waals surface area contributed by atoms with Crippen LogP contribution in [0.3, 0.4) is 0 Å². The molecule has 2 unspecified atom stereocenters. The van der Waals surface area contributed by atoms with Gasteiger partial charge in [-0.3, -0.25) is 0 Å². The maximum atomic E-state index is 8.66. The van der Waals surface area contributed by atoms with Crippen LogP contribution in [0, 0.1) is 0 Å². The van der Waals surface area contributed by atoms with Gasteiger partial charge in [-0.25, -0.2) is 0 Å². The molecule has 0 amide bonds. The van der Waals surface area contributed by atoms with Gasteiger partial charge in [-0.15, -0.1) is 0 Å². The number of aliphatic hydroxyl groups is 1. The summed E-state index contributed by atoms with van der Waals surface area (Å²) in [6.07, 6.45) is 0. The van der Waals surface area contributed by atoms with E-state index in [4.69, 9.17) is 14.9 Å². The lowest BCUT2D eigenvalue weighted by Gasteiger charge is -2.13. The van der Waals surface area contributed by atoms with Crippen molar-refractivity contribution < 1.29 is 14.9 Å². The molecule has 2 atom stereocenters. The predicted octanol–water partition coefficient (Wildman–Crippen LogP) is -0.176. The van der Waals surface area contributed by atoms with Crippen LogP contribution < -0.4 is 0 Å². The van der Waals surface area contributed by atoms with Gasteiger partial charge in [0.2, 0.25) is 0 Å². The average molecular weight is 142 g/mol. The van der Waals surface area contributed by atoms with Gasteiger partial charge in [-0.1, -0.05) is 0 Å². The molecule has 0 aliphatic rings. The van der Waals surface area contributed by atoms with Crippen molar-refractivity contribution in [2.45, 2.75) is 12.0 Å². The molecule has 0 rings (SSSR count). The number of hydrogen-bond donors (Lipinski definition) is 3. The molecule has 0 spiro atoms. The van der Waals surface area contributed by atoms with Crippen molar-refractivity contribution in [3.8, 4) is 0 Å². The summed E-state index contributed by atoms with van der Waals surface area (Å²) in [7, 11) is -1.20. The van der Waals surface area contributed by atoms with E-state index in [0.29, 0.717) is 0 Å². The highest BCUT2D eigenvalue weighted by Crippen LogP contribution is 2.38. The Labute approximate surface area is 45.5 Å². The first kappa shape index (κ1) is 7.74. The third kappa shape index (κ3) is 3.33. The summed E-state index contributed by atoms with van der Waals surface area (Å²) < 4.78 is 0. The third-order valence-corrected chi connectivity index (χ3v) is 1.98. The normalized spacial score (nSPS) is 22.3. The van der Waals surface area contributed by atoms with E-state index in [2.05, 4.69) is 0 Å². The number of hydrogen-bond acceptors (Lipinski definition) is 3. The van der Waals surface area contributed by atoms with Crippen molar-refractivity contribution in [3.63, 3.8) is 0 Å². The largest absolute Gasteiger partial charge is 0.377 e. The molecule has 0 saturated heterocycles. The highest BCUT2D eigenvalue weighted by Gasteiger charge is 2.16. The summed E-state index contributed by atoms with van der Waals surface area (Å²) in [6, 6.07) is 0. The van der Waals surface area contributed by atoms with Crippen LogP contribution in [-0.2, 0) is 0 Å². The highest BCUT2D eigenvalue weighted by molar-refractivity contribution is 7.52. The summed E-state index contributed by atoms with van der Waals surface area (Å²) in [4.78, 5) is 16.4. The zero-order chi connectivity index (χ0) is 5.91. The lowest BCUT2D eigenvalue weighted by atomic mass is 10.9. The molecule has 5 heteroatoms. The third-order valence-electron chi connectivity index (χ3n) is 0.435. The van der Waals surface area contributed by atoms with Crippen LogP contribution in [0.15, 0.2) is 0 Å². The van der Waals surface area contributed by atoms with Gasteiger partial charge < -0.3 is 14.9 Å². The van der Waals surface area contributed by atoms with Crippen molar-refractivity contribution in [2.75, 3.05) is 0 Å². The maximum Gasteiger partial charge on any atom is 0.142 e. The van der Waals surface area contributed by atoms with Gasteiger partial charge in [0.05, 0.1) is 0 Å². The molecule has 0 heterocycles. The molecule has 3 N–H and O–H groups in total. The van der Waals surface area contributed by atoms with Gasteiger partial charge in [0.1, 0.15) is 5.08 Å². The zero-order valence-corrected chi connectivity index (χ0v) is 5.84. The molecule has 0 radical (unpaired) electrons. The fourth-order valence-electron chi connectivity index (χ4n) is 0.0250. The van der Waals surface area contributed by atoms with Crippen molar-refractivity contribution >= 4 is 17.6 Å². The molecule has 0 fully saturated rings. The van der Waals surface area contributed by atoms with Gasteiger partial charge in [-0.2, -0.15) is 0 Å². The van der Waals surface area contributed by atoms with Crippen LogP contribution in [0.25, 0.3) is 0 Å². The van der Waals surface area contributed by atoms with Crippen LogP contribution in [-0.4, -0.2) is 20.0 Å². The quantitative estimate of drug-likeness (QED) is 0.469. The average Bonchev–Trinajstić information content (AvgIpc) is 1.68. The maximum absolute atomic E-state index is 8.66. The van der Waals surface area contributed by atoms with E-state index in [9.17, 15) is 0 Å². The minimum atomic E-state index is -1.25. The Balaban J connectivity index is 3.36. The second kappa shape index (κ2) is 2.91. The molecule has 7 heavy (non-hydrogen) atoms. The van der Waals surface area contributed by atoms with Crippen LogP contribution in [0.5, 0.6) is 0 Å². The van der Waals surface area contributed by atoms with Crippen LogP contribution >= 0.6 is 17.6 Å². The molecule has 0 aromatic carbocycles. The lowest BCUT2D eigenvalue weighted by molar-refractivity contribution is 0.225. The fourth-order valence-corrected chi connectivity index (χ4v) is 0.225. The molecule has 0 aliphatic heterocycles. The van der Waals surface area contributed by atoms with Gasteiger partial charge in [0, 0.05) is 17.6 Å². The minimum absolute atomic E-state index is 0.598. The molecule has 0 aromatic rings. The van der Waals surface area contributed by atoms with E-state index >= 15 is 0 Å². The van der Waals surface area contributed by atoms with E-state index in [1.165, 1.54) is 6.92 Å². The Morgan fingerprint density at radius 3 is 1.57 bits per heavy atom. The monoisotopic (exact) mass is 142 g/mol. The second-order valence-corrected chi connectivity index (χ2v) is 4.19. The van der Waals surface area contributed by atoms with Gasteiger partial charge in [0.25, 0.3) is 0 Å². The van der Waals surface area contributed by atoms with E-state index in [1.54, 1.807) is 0 Å². The molecule has 0 aliphatic carbocycles. The first-order valence-electron chi connectivity index (χ1n) is 1.67. The Kier molecular flexibility index (Phi) is 3.21. The topological polar surface area (TPSA) is 60.7 Å². The highest BCUT2D eigenvalue weighted by atomic mass is 31.1. The molecule has 0 aromatic heterocycles. The van der Waals surface area contributed by atoms with Crippen LogP contribution in [0.1, 0.15) is 6.92 Å². The standard InChI is InChI=1S/C2H8O3P2/c1-2(3,6-4)7-5/h3-7H,1H3. The Bertz CT molecular complexity index is 48.9. The van der Waals surface area contributed by atoms with Crippen molar-refractivity contribution in [1.82, 2.24) is 0 Å². The second-order valence-electron chi connectivity index (χ2n) is 1.30. The van der Waals surface area contributed by atoms with Gasteiger partial charge in [0.15, 0.2) is 0 Å². The molecule has 3 nitrogen and oxygen atoms in total. The van der Waals surface area contributed by atoms with E-state index in [1.807, 2.05) is 0 Å². The zero-order valence-electron chi connectivity index (χ0n) is 3.84. The van der Waals surface area contributed by atoms with E-state index in [-0.39, 0.29) is 0 Å². The molecular weight excluding hydrogens is 134 g/mol.